The van der Waals surface area contributed by atoms with Gasteiger partial charge in [0.25, 0.3) is 0 Å². The summed E-state index contributed by atoms with van der Waals surface area (Å²) in [6, 6.07) is 19.4. The maximum Gasteiger partial charge on any atom is 0.143 e. The molecule has 0 aliphatic rings. The summed E-state index contributed by atoms with van der Waals surface area (Å²) in [5.41, 5.74) is 6.23. The Hall–Kier alpha value is -3.18. The van der Waals surface area contributed by atoms with Gasteiger partial charge in [0.1, 0.15) is 22.5 Å². The van der Waals surface area contributed by atoms with Crippen LogP contribution in [0.25, 0.3) is 27.8 Å². The maximum absolute atomic E-state index is 10.2. The van der Waals surface area contributed by atoms with Crippen molar-refractivity contribution in [1.82, 2.24) is 15.0 Å². The Morgan fingerprint density at radius 1 is 0.962 bits per heavy atom. The Balaban J connectivity index is 1.87. The molecule has 5 nitrogen and oxygen atoms in total. The fourth-order valence-corrected chi connectivity index (χ4v) is 3.10. The number of aliphatic hydroxyl groups is 1. The van der Waals surface area contributed by atoms with Crippen molar-refractivity contribution in [3.63, 3.8) is 0 Å². The predicted octanol–water partition coefficient (Wildman–Crippen LogP) is 3.64. The summed E-state index contributed by atoms with van der Waals surface area (Å²) in [6.45, 7) is 2.11. The van der Waals surface area contributed by atoms with E-state index in [1.54, 1.807) is 18.2 Å². The van der Waals surface area contributed by atoms with Gasteiger partial charge in [0.05, 0.1) is 0 Å². The maximum atomic E-state index is 10.2. The Morgan fingerprint density at radius 2 is 1.81 bits per heavy atom. The summed E-state index contributed by atoms with van der Waals surface area (Å²) < 4.78 is 0. The molecule has 1 aromatic heterocycles. The lowest BCUT2D eigenvalue weighted by Gasteiger charge is -2.06. The van der Waals surface area contributed by atoms with Crippen LogP contribution in [0.1, 0.15) is 11.1 Å². The minimum atomic E-state index is 0.0518. The van der Waals surface area contributed by atoms with Crippen molar-refractivity contribution in [2.24, 2.45) is 0 Å². The largest absolute Gasteiger partial charge is 0.506 e. The highest BCUT2D eigenvalue weighted by Crippen LogP contribution is 2.29. The van der Waals surface area contributed by atoms with Crippen molar-refractivity contribution in [2.45, 2.75) is 13.3 Å². The highest BCUT2D eigenvalue weighted by atomic mass is 16.3. The molecule has 26 heavy (non-hydrogen) atoms. The topological polar surface area (TPSA) is 71.2 Å². The number of aromatic hydroxyl groups is 1. The van der Waals surface area contributed by atoms with Crippen LogP contribution in [0.15, 0.2) is 60.7 Å². The molecule has 4 rings (SSSR count). The van der Waals surface area contributed by atoms with Gasteiger partial charge in [0.15, 0.2) is 0 Å². The first-order valence-corrected chi connectivity index (χ1v) is 8.52. The number of aliphatic hydroxyl groups excluding tert-OH is 1. The van der Waals surface area contributed by atoms with Crippen LogP contribution in [0.5, 0.6) is 5.75 Å². The van der Waals surface area contributed by atoms with Crippen molar-refractivity contribution in [3.05, 3.63) is 71.8 Å². The first kappa shape index (κ1) is 16.3. The molecular weight excluding hydrogens is 326 g/mol. The van der Waals surface area contributed by atoms with Crippen molar-refractivity contribution < 1.29 is 10.2 Å². The number of benzene rings is 3. The quantitative estimate of drug-likeness (QED) is 0.592. The zero-order valence-electron chi connectivity index (χ0n) is 14.4. The highest BCUT2D eigenvalue weighted by molar-refractivity contribution is 5.91. The predicted molar refractivity (Wildman–Crippen MR) is 101 cm³/mol. The molecule has 4 aromatic rings. The van der Waals surface area contributed by atoms with E-state index in [4.69, 9.17) is 5.11 Å². The van der Waals surface area contributed by atoms with Crippen molar-refractivity contribution in [1.29, 1.82) is 0 Å². The standard InChI is InChI=1S/C21H19N3O2/c1-14-4-2-5-16(12-14)17-6-3-7-18-21(17)23-24(22-18)19-13-15(10-11-25)8-9-20(19)26/h2-9,12-13,25-26H,10-11H2,1H3. The Labute approximate surface area is 151 Å². The third-order valence-corrected chi connectivity index (χ3v) is 4.40. The average molecular weight is 345 g/mol. The summed E-state index contributed by atoms with van der Waals surface area (Å²) in [7, 11) is 0. The minimum Gasteiger partial charge on any atom is -0.506 e. The molecule has 0 bridgehead atoms. The van der Waals surface area contributed by atoms with E-state index in [0.717, 1.165) is 27.7 Å². The lowest BCUT2D eigenvalue weighted by Crippen LogP contribution is -2.01. The van der Waals surface area contributed by atoms with Crippen molar-refractivity contribution in [2.75, 3.05) is 6.61 Å². The van der Waals surface area contributed by atoms with Crippen molar-refractivity contribution in [3.8, 4) is 22.6 Å². The first-order chi connectivity index (χ1) is 12.7. The Kier molecular flexibility index (Phi) is 4.14. The molecule has 0 saturated carbocycles. The molecule has 0 radical (unpaired) electrons. The Bertz CT molecular complexity index is 1090. The molecule has 1 heterocycles. The van der Waals surface area contributed by atoms with Gasteiger partial charge in [-0.2, -0.15) is 0 Å². The number of phenols is 1. The molecule has 0 aliphatic carbocycles. The highest BCUT2D eigenvalue weighted by Gasteiger charge is 2.13. The van der Waals surface area contributed by atoms with Crippen LogP contribution in [0, 0.1) is 6.92 Å². The Morgan fingerprint density at radius 3 is 2.62 bits per heavy atom. The minimum absolute atomic E-state index is 0.0518. The lowest BCUT2D eigenvalue weighted by molar-refractivity contribution is 0.299. The number of hydrogen-bond donors (Lipinski definition) is 2. The first-order valence-electron chi connectivity index (χ1n) is 8.52. The number of phenolic OH excluding ortho intramolecular Hbond substituents is 1. The van der Waals surface area contributed by atoms with E-state index in [9.17, 15) is 5.11 Å². The second-order valence-corrected chi connectivity index (χ2v) is 6.33. The number of aryl methyl sites for hydroxylation is 1. The van der Waals surface area contributed by atoms with Crippen LogP contribution in [-0.4, -0.2) is 31.8 Å². The van der Waals surface area contributed by atoms with Gasteiger partial charge in [-0.05, 0) is 42.7 Å². The molecule has 3 aromatic carbocycles. The van der Waals surface area contributed by atoms with E-state index < -0.39 is 0 Å². The molecule has 2 N–H and O–H groups in total. The molecule has 0 spiro atoms. The van der Waals surface area contributed by atoms with E-state index in [1.807, 2.05) is 24.3 Å². The summed E-state index contributed by atoms with van der Waals surface area (Å²) in [4.78, 5) is 1.46. The molecule has 0 atom stereocenters. The lowest BCUT2D eigenvalue weighted by atomic mass is 10.0. The van der Waals surface area contributed by atoms with Crippen LogP contribution in [-0.2, 0) is 6.42 Å². The number of nitrogens with zero attached hydrogens (tertiary/aromatic N) is 3. The molecule has 130 valence electrons. The zero-order valence-corrected chi connectivity index (χ0v) is 14.4. The van der Waals surface area contributed by atoms with E-state index in [0.29, 0.717) is 12.1 Å². The van der Waals surface area contributed by atoms with Crippen LogP contribution in [0.3, 0.4) is 0 Å². The normalized spacial score (nSPS) is 11.2. The van der Waals surface area contributed by atoms with Gasteiger partial charge in [-0.1, -0.05) is 48.0 Å². The number of fused-ring (bicyclic) bond motifs is 1. The molecule has 0 amide bonds. The van der Waals surface area contributed by atoms with Crippen LogP contribution in [0.2, 0.25) is 0 Å². The number of aromatic nitrogens is 3. The van der Waals surface area contributed by atoms with Crippen LogP contribution >= 0.6 is 0 Å². The molecule has 5 heteroatoms. The van der Waals surface area contributed by atoms with Gasteiger partial charge < -0.3 is 10.2 Å². The molecule has 0 aliphatic heterocycles. The van der Waals surface area contributed by atoms with Gasteiger partial charge in [-0.25, -0.2) is 0 Å². The average Bonchev–Trinajstić information content (AvgIpc) is 3.07. The second kappa shape index (κ2) is 6.61. The molecule has 0 unspecified atom stereocenters. The summed E-state index contributed by atoms with van der Waals surface area (Å²) in [5.74, 6) is 0.101. The zero-order chi connectivity index (χ0) is 18.1. The fraction of sp³-hybridized carbons (Fsp3) is 0.143. The number of hydrogen-bond acceptors (Lipinski definition) is 4. The van der Waals surface area contributed by atoms with Gasteiger partial charge in [-0.15, -0.1) is 15.0 Å². The van der Waals surface area contributed by atoms with E-state index in [1.165, 1.54) is 10.4 Å². The van der Waals surface area contributed by atoms with E-state index >= 15 is 0 Å². The van der Waals surface area contributed by atoms with E-state index in [-0.39, 0.29) is 12.4 Å². The van der Waals surface area contributed by atoms with Gasteiger partial charge in [0, 0.05) is 12.2 Å². The van der Waals surface area contributed by atoms with Crippen LogP contribution < -0.4 is 0 Å². The number of rotatable bonds is 4. The smallest absolute Gasteiger partial charge is 0.143 e. The van der Waals surface area contributed by atoms with Gasteiger partial charge in [-0.3, -0.25) is 0 Å². The molecular formula is C21H19N3O2. The summed E-state index contributed by atoms with van der Waals surface area (Å²) >= 11 is 0. The van der Waals surface area contributed by atoms with Gasteiger partial charge >= 0.3 is 0 Å². The third-order valence-electron chi connectivity index (χ3n) is 4.40. The van der Waals surface area contributed by atoms with Crippen LogP contribution in [0.4, 0.5) is 0 Å². The second-order valence-electron chi connectivity index (χ2n) is 6.33. The van der Waals surface area contributed by atoms with Gasteiger partial charge in [0.2, 0.25) is 0 Å². The molecule has 0 saturated heterocycles. The fourth-order valence-electron chi connectivity index (χ4n) is 3.10. The SMILES string of the molecule is Cc1cccc(-c2cccc3nn(-c4cc(CCO)ccc4O)nc23)c1. The monoisotopic (exact) mass is 345 g/mol. The van der Waals surface area contributed by atoms with Crippen molar-refractivity contribution >= 4 is 11.0 Å². The third kappa shape index (κ3) is 2.93. The summed E-state index contributed by atoms with van der Waals surface area (Å²) in [5, 5.41) is 28.6. The molecule has 0 fully saturated rings. The summed E-state index contributed by atoms with van der Waals surface area (Å²) in [6.07, 6.45) is 0.516. The van der Waals surface area contributed by atoms with E-state index in [2.05, 4.69) is 35.3 Å².